The summed E-state index contributed by atoms with van der Waals surface area (Å²) in [7, 11) is 3.39. The highest BCUT2D eigenvalue weighted by molar-refractivity contribution is 9.10. The number of rotatable bonds is 6. The van der Waals surface area contributed by atoms with Crippen LogP contribution in [-0.4, -0.2) is 42.6 Å². The van der Waals surface area contributed by atoms with Crippen LogP contribution in [0.3, 0.4) is 0 Å². The number of carboxylic acid groups (broad SMARTS) is 1. The van der Waals surface area contributed by atoms with E-state index < -0.39 is 5.97 Å². The minimum Gasteiger partial charge on any atom is -0.493 e. The zero-order valence-corrected chi connectivity index (χ0v) is 12.4. The summed E-state index contributed by atoms with van der Waals surface area (Å²) in [6, 6.07) is 4.73. The quantitative estimate of drug-likeness (QED) is 0.814. The Morgan fingerprint density at radius 3 is 2.63 bits per heavy atom. The third-order valence-electron chi connectivity index (χ3n) is 2.47. The summed E-state index contributed by atoms with van der Waals surface area (Å²) in [4.78, 5) is 23.9. The molecule has 0 spiro atoms. The number of hydrogen-bond donors (Lipinski definition) is 1. The van der Waals surface area contributed by atoms with Gasteiger partial charge in [-0.15, -0.1) is 0 Å². The Bertz CT molecular complexity index is 474. The van der Waals surface area contributed by atoms with Crippen molar-refractivity contribution >= 4 is 27.8 Å². The van der Waals surface area contributed by atoms with Gasteiger partial charge in [0.2, 0.25) is 5.91 Å². The highest BCUT2D eigenvalue weighted by atomic mass is 79.9. The fourth-order valence-corrected chi connectivity index (χ4v) is 1.76. The monoisotopic (exact) mass is 329 g/mol. The van der Waals surface area contributed by atoms with Gasteiger partial charge in [0.1, 0.15) is 11.3 Å². The molecule has 1 aromatic carbocycles. The number of benzene rings is 1. The topological polar surface area (TPSA) is 66.8 Å². The number of ether oxygens (including phenoxy) is 1. The summed E-state index contributed by atoms with van der Waals surface area (Å²) in [5, 5.41) is 9.02. The van der Waals surface area contributed by atoms with E-state index in [9.17, 15) is 9.59 Å². The predicted octanol–water partition coefficient (Wildman–Crippen LogP) is 2.39. The standard InChI is InChI=1S/C13H16BrNO4/c1-15(2)12(16)4-3-7-19-11-8-9(14)5-6-10(11)13(17)18/h5-6,8H,3-4,7H2,1-2H3,(H,17,18). The number of nitrogens with zero attached hydrogens (tertiary/aromatic N) is 1. The molecule has 1 amide bonds. The number of halogens is 1. The summed E-state index contributed by atoms with van der Waals surface area (Å²) in [6.45, 7) is 0.302. The van der Waals surface area contributed by atoms with Crippen molar-refractivity contribution < 1.29 is 19.4 Å². The Hall–Kier alpha value is -1.56. The van der Waals surface area contributed by atoms with Gasteiger partial charge in [0, 0.05) is 25.0 Å². The fourth-order valence-electron chi connectivity index (χ4n) is 1.42. The molecule has 104 valence electrons. The Balaban J connectivity index is 2.55. The van der Waals surface area contributed by atoms with Crippen LogP contribution < -0.4 is 4.74 Å². The minimum atomic E-state index is -1.04. The van der Waals surface area contributed by atoms with Crippen molar-refractivity contribution in [2.75, 3.05) is 20.7 Å². The van der Waals surface area contributed by atoms with E-state index in [-0.39, 0.29) is 11.5 Å². The second-order valence-corrected chi connectivity index (χ2v) is 5.10. The predicted molar refractivity (Wildman–Crippen MR) is 74.5 cm³/mol. The minimum absolute atomic E-state index is 0.0244. The molecule has 1 N–H and O–H groups in total. The highest BCUT2D eigenvalue weighted by Crippen LogP contribution is 2.24. The average Bonchev–Trinajstić information content (AvgIpc) is 2.33. The van der Waals surface area contributed by atoms with Crippen LogP contribution in [0.15, 0.2) is 22.7 Å². The molecule has 0 aliphatic rings. The lowest BCUT2D eigenvalue weighted by atomic mass is 10.2. The van der Waals surface area contributed by atoms with Gasteiger partial charge in [0.25, 0.3) is 0 Å². The smallest absolute Gasteiger partial charge is 0.339 e. The third-order valence-corrected chi connectivity index (χ3v) is 2.96. The van der Waals surface area contributed by atoms with E-state index in [1.54, 1.807) is 26.2 Å². The molecule has 5 nitrogen and oxygen atoms in total. The van der Waals surface area contributed by atoms with Crippen LogP contribution in [0.1, 0.15) is 23.2 Å². The van der Waals surface area contributed by atoms with Crippen LogP contribution in [0.5, 0.6) is 5.75 Å². The Morgan fingerprint density at radius 2 is 2.05 bits per heavy atom. The van der Waals surface area contributed by atoms with E-state index in [2.05, 4.69) is 15.9 Å². The van der Waals surface area contributed by atoms with E-state index in [0.717, 1.165) is 4.47 Å². The van der Waals surface area contributed by atoms with E-state index in [0.29, 0.717) is 25.2 Å². The van der Waals surface area contributed by atoms with Crippen LogP contribution in [0.4, 0.5) is 0 Å². The van der Waals surface area contributed by atoms with Gasteiger partial charge in [-0.05, 0) is 24.6 Å². The summed E-state index contributed by atoms with van der Waals surface area (Å²) >= 11 is 3.26. The van der Waals surface area contributed by atoms with E-state index >= 15 is 0 Å². The molecule has 6 heteroatoms. The first-order valence-corrected chi connectivity index (χ1v) is 6.57. The Kier molecular flexibility index (Phi) is 5.82. The van der Waals surface area contributed by atoms with Gasteiger partial charge >= 0.3 is 5.97 Å². The van der Waals surface area contributed by atoms with Gasteiger partial charge in [-0.2, -0.15) is 0 Å². The molecule has 0 bridgehead atoms. The fraction of sp³-hybridized carbons (Fsp3) is 0.385. The van der Waals surface area contributed by atoms with Gasteiger partial charge in [-0.3, -0.25) is 4.79 Å². The van der Waals surface area contributed by atoms with Gasteiger partial charge in [-0.1, -0.05) is 15.9 Å². The molecule has 0 aliphatic carbocycles. The molecule has 0 fully saturated rings. The third kappa shape index (κ3) is 4.90. The van der Waals surface area contributed by atoms with Crippen molar-refractivity contribution in [3.63, 3.8) is 0 Å². The van der Waals surface area contributed by atoms with Crippen LogP contribution in [-0.2, 0) is 4.79 Å². The molecule has 0 atom stereocenters. The maximum atomic E-state index is 11.4. The second-order valence-electron chi connectivity index (χ2n) is 4.19. The summed E-state index contributed by atoms with van der Waals surface area (Å²) < 4.78 is 6.17. The first kappa shape index (κ1) is 15.5. The Labute approximate surface area is 120 Å². The first-order chi connectivity index (χ1) is 8.91. The molecule has 0 aliphatic heterocycles. The second kappa shape index (κ2) is 7.13. The summed E-state index contributed by atoms with van der Waals surface area (Å²) in [5.41, 5.74) is 0.113. The molecule has 1 rings (SSSR count). The van der Waals surface area contributed by atoms with Gasteiger partial charge in [0.05, 0.1) is 6.61 Å². The summed E-state index contributed by atoms with van der Waals surface area (Å²) in [6.07, 6.45) is 0.923. The van der Waals surface area contributed by atoms with Crippen molar-refractivity contribution in [3.05, 3.63) is 28.2 Å². The van der Waals surface area contributed by atoms with Gasteiger partial charge in [-0.25, -0.2) is 4.79 Å². The lowest BCUT2D eigenvalue weighted by Gasteiger charge is -2.11. The SMILES string of the molecule is CN(C)C(=O)CCCOc1cc(Br)ccc1C(=O)O. The molecule has 0 saturated heterocycles. The van der Waals surface area contributed by atoms with Crippen LogP contribution in [0, 0.1) is 0 Å². The number of aromatic carboxylic acids is 1. The zero-order valence-electron chi connectivity index (χ0n) is 10.9. The van der Waals surface area contributed by atoms with Crippen molar-refractivity contribution in [2.45, 2.75) is 12.8 Å². The first-order valence-electron chi connectivity index (χ1n) is 5.77. The molecule has 0 unspecified atom stereocenters. The normalized spacial score (nSPS) is 10.1. The van der Waals surface area contributed by atoms with Crippen molar-refractivity contribution in [1.82, 2.24) is 4.90 Å². The van der Waals surface area contributed by atoms with Crippen LogP contribution in [0.2, 0.25) is 0 Å². The maximum absolute atomic E-state index is 11.4. The zero-order chi connectivity index (χ0) is 14.4. The highest BCUT2D eigenvalue weighted by Gasteiger charge is 2.12. The van der Waals surface area contributed by atoms with E-state index in [1.165, 1.54) is 11.0 Å². The molecule has 0 saturated carbocycles. The molecule has 0 radical (unpaired) electrons. The molecule has 0 aromatic heterocycles. The molecule has 0 heterocycles. The lowest BCUT2D eigenvalue weighted by molar-refractivity contribution is -0.128. The number of hydrogen-bond acceptors (Lipinski definition) is 3. The molecular formula is C13H16BrNO4. The molecule has 19 heavy (non-hydrogen) atoms. The average molecular weight is 330 g/mol. The largest absolute Gasteiger partial charge is 0.493 e. The number of carboxylic acids is 1. The molecule has 1 aromatic rings. The summed E-state index contributed by atoms with van der Waals surface area (Å²) in [5.74, 6) is -0.706. The maximum Gasteiger partial charge on any atom is 0.339 e. The Morgan fingerprint density at radius 1 is 1.37 bits per heavy atom. The number of amides is 1. The molecular weight excluding hydrogens is 314 g/mol. The number of carbonyl (C=O) groups excluding carboxylic acids is 1. The van der Waals surface area contributed by atoms with E-state index in [4.69, 9.17) is 9.84 Å². The van der Waals surface area contributed by atoms with Gasteiger partial charge < -0.3 is 14.7 Å². The number of carbonyl (C=O) groups is 2. The van der Waals surface area contributed by atoms with Crippen LogP contribution >= 0.6 is 15.9 Å². The van der Waals surface area contributed by atoms with Gasteiger partial charge in [0.15, 0.2) is 0 Å². The van der Waals surface area contributed by atoms with Crippen molar-refractivity contribution in [3.8, 4) is 5.75 Å². The van der Waals surface area contributed by atoms with E-state index in [1.807, 2.05) is 0 Å². The van der Waals surface area contributed by atoms with Crippen molar-refractivity contribution in [2.24, 2.45) is 0 Å². The van der Waals surface area contributed by atoms with Crippen LogP contribution in [0.25, 0.3) is 0 Å². The van der Waals surface area contributed by atoms with Crippen molar-refractivity contribution in [1.29, 1.82) is 0 Å². The lowest BCUT2D eigenvalue weighted by Crippen LogP contribution is -2.21.